The molecule has 1 N–H and O–H groups in total. The van der Waals surface area contributed by atoms with Gasteiger partial charge in [-0.1, -0.05) is 0 Å². The fourth-order valence-corrected chi connectivity index (χ4v) is 1.82. The maximum atomic E-state index is 11.7. The molecule has 0 saturated carbocycles. The molecule has 18 heavy (non-hydrogen) atoms. The number of rotatable bonds is 8. The van der Waals surface area contributed by atoms with Crippen molar-refractivity contribution < 1.29 is 4.79 Å². The van der Waals surface area contributed by atoms with Gasteiger partial charge in [0.25, 0.3) is 0 Å². The van der Waals surface area contributed by atoms with Gasteiger partial charge in [-0.25, -0.2) is 9.67 Å². The Kier molecular flexibility index (Phi) is 6.35. The van der Waals surface area contributed by atoms with Crippen LogP contribution >= 0.6 is 0 Å². The van der Waals surface area contributed by atoms with E-state index < -0.39 is 0 Å². The minimum absolute atomic E-state index is 0.199. The highest BCUT2D eigenvalue weighted by Gasteiger charge is 2.08. The van der Waals surface area contributed by atoms with E-state index >= 15 is 0 Å². The molecule has 0 aromatic carbocycles. The first-order valence-corrected chi connectivity index (χ1v) is 6.58. The molecule has 6 heteroatoms. The molecule has 0 saturated heterocycles. The van der Waals surface area contributed by atoms with Crippen LogP contribution in [-0.4, -0.2) is 45.2 Å². The van der Waals surface area contributed by atoms with Crippen LogP contribution in [0.25, 0.3) is 0 Å². The quantitative estimate of drug-likeness (QED) is 0.691. The summed E-state index contributed by atoms with van der Waals surface area (Å²) in [7, 11) is 0. The molecule has 0 atom stereocenters. The van der Waals surface area contributed by atoms with E-state index in [4.69, 9.17) is 0 Å². The lowest BCUT2D eigenvalue weighted by molar-refractivity contribution is -0.130. The lowest BCUT2D eigenvalue weighted by atomic mass is 10.3. The molecule has 1 aromatic heterocycles. The van der Waals surface area contributed by atoms with E-state index in [9.17, 15) is 4.79 Å². The number of nitrogens with one attached hydrogen (secondary N) is 1. The van der Waals surface area contributed by atoms with E-state index in [1.165, 1.54) is 0 Å². The van der Waals surface area contributed by atoms with Crippen LogP contribution < -0.4 is 5.32 Å². The number of hydrogen-bond acceptors (Lipinski definition) is 4. The van der Waals surface area contributed by atoms with Gasteiger partial charge in [0, 0.05) is 32.6 Å². The van der Waals surface area contributed by atoms with E-state index in [1.54, 1.807) is 6.33 Å². The van der Waals surface area contributed by atoms with Crippen LogP contribution in [0.3, 0.4) is 0 Å². The zero-order valence-corrected chi connectivity index (χ0v) is 11.5. The van der Waals surface area contributed by atoms with Crippen molar-refractivity contribution in [2.24, 2.45) is 0 Å². The monoisotopic (exact) mass is 253 g/mol. The van der Waals surface area contributed by atoms with Crippen LogP contribution in [-0.2, 0) is 17.9 Å². The minimum Gasteiger partial charge on any atom is -0.343 e. The Hall–Kier alpha value is -1.43. The minimum atomic E-state index is 0.199. The molecule has 0 aliphatic heterocycles. The summed E-state index contributed by atoms with van der Waals surface area (Å²) in [5, 5.41) is 7.32. The van der Waals surface area contributed by atoms with Crippen molar-refractivity contribution in [3.63, 3.8) is 0 Å². The highest BCUT2D eigenvalue weighted by molar-refractivity contribution is 5.76. The summed E-state index contributed by atoms with van der Waals surface area (Å²) < 4.78 is 1.85. The number of aryl methyl sites for hydroxylation is 1. The van der Waals surface area contributed by atoms with E-state index in [0.29, 0.717) is 19.5 Å². The van der Waals surface area contributed by atoms with Gasteiger partial charge in [-0.3, -0.25) is 4.79 Å². The molecular weight excluding hydrogens is 230 g/mol. The van der Waals surface area contributed by atoms with Crippen LogP contribution in [0.1, 0.15) is 33.0 Å². The van der Waals surface area contributed by atoms with Crippen molar-refractivity contribution in [1.29, 1.82) is 0 Å². The smallest absolute Gasteiger partial charge is 0.223 e. The molecule has 0 aliphatic rings. The summed E-state index contributed by atoms with van der Waals surface area (Å²) in [6, 6.07) is 0. The Morgan fingerprint density at radius 2 is 2.11 bits per heavy atom. The summed E-state index contributed by atoms with van der Waals surface area (Å²) in [6.07, 6.45) is 2.09. The molecular formula is C12H23N5O. The molecule has 0 spiro atoms. The Balaban J connectivity index is 2.24. The first kappa shape index (κ1) is 14.6. The predicted molar refractivity (Wildman–Crippen MR) is 69.9 cm³/mol. The lowest BCUT2D eigenvalue weighted by Gasteiger charge is -2.18. The summed E-state index contributed by atoms with van der Waals surface area (Å²) in [5.41, 5.74) is 0. The van der Waals surface area contributed by atoms with E-state index in [1.807, 2.05) is 30.4 Å². The topological polar surface area (TPSA) is 63.1 Å². The maximum Gasteiger partial charge on any atom is 0.223 e. The summed E-state index contributed by atoms with van der Waals surface area (Å²) in [6.45, 7) is 9.72. The largest absolute Gasteiger partial charge is 0.343 e. The van der Waals surface area contributed by atoms with Crippen molar-refractivity contribution in [3.05, 3.63) is 12.2 Å². The Morgan fingerprint density at radius 3 is 2.72 bits per heavy atom. The van der Waals surface area contributed by atoms with Gasteiger partial charge in [0.2, 0.25) is 5.91 Å². The van der Waals surface area contributed by atoms with Gasteiger partial charge < -0.3 is 10.2 Å². The zero-order chi connectivity index (χ0) is 13.4. The van der Waals surface area contributed by atoms with Crippen LogP contribution in [0.5, 0.6) is 0 Å². The SMILES string of the molecule is CCN(CC)C(=O)CCNCc1ncnn1CC. The van der Waals surface area contributed by atoms with Gasteiger partial charge >= 0.3 is 0 Å². The van der Waals surface area contributed by atoms with Crippen molar-refractivity contribution in [2.45, 2.75) is 40.3 Å². The molecule has 0 bridgehead atoms. The van der Waals surface area contributed by atoms with E-state index in [0.717, 1.165) is 25.5 Å². The standard InChI is InChI=1S/C12H23N5O/c1-4-16(5-2)12(18)7-8-13-9-11-14-10-15-17(11)6-3/h10,13H,4-9H2,1-3H3. The normalized spacial score (nSPS) is 10.6. The van der Waals surface area contributed by atoms with Crippen LogP contribution in [0.2, 0.25) is 0 Å². The third-order valence-electron chi connectivity index (χ3n) is 2.91. The molecule has 0 unspecified atom stereocenters. The number of carbonyl (C=O) groups excluding carboxylic acids is 1. The molecule has 0 radical (unpaired) electrons. The molecule has 102 valence electrons. The van der Waals surface area contributed by atoms with Crippen molar-refractivity contribution in [2.75, 3.05) is 19.6 Å². The first-order chi connectivity index (χ1) is 8.72. The second-order valence-corrected chi connectivity index (χ2v) is 3.98. The maximum absolute atomic E-state index is 11.7. The Labute approximate surface area is 108 Å². The van der Waals surface area contributed by atoms with Gasteiger partial charge in [0.15, 0.2) is 0 Å². The molecule has 6 nitrogen and oxygen atoms in total. The van der Waals surface area contributed by atoms with Crippen molar-refractivity contribution in [1.82, 2.24) is 25.0 Å². The number of aromatic nitrogens is 3. The van der Waals surface area contributed by atoms with Crippen LogP contribution in [0, 0.1) is 0 Å². The van der Waals surface area contributed by atoms with Crippen LogP contribution in [0.4, 0.5) is 0 Å². The second kappa shape index (κ2) is 7.81. The highest BCUT2D eigenvalue weighted by Crippen LogP contribution is 1.95. The third kappa shape index (κ3) is 4.10. The molecule has 1 aromatic rings. The molecule has 0 fully saturated rings. The van der Waals surface area contributed by atoms with Crippen molar-refractivity contribution in [3.8, 4) is 0 Å². The van der Waals surface area contributed by atoms with Crippen LogP contribution in [0.15, 0.2) is 6.33 Å². The number of nitrogens with zero attached hydrogens (tertiary/aromatic N) is 4. The lowest BCUT2D eigenvalue weighted by Crippen LogP contribution is -2.33. The second-order valence-electron chi connectivity index (χ2n) is 3.98. The zero-order valence-electron chi connectivity index (χ0n) is 11.5. The fraction of sp³-hybridized carbons (Fsp3) is 0.750. The van der Waals surface area contributed by atoms with Gasteiger partial charge in [0.1, 0.15) is 12.2 Å². The molecule has 0 aliphatic carbocycles. The van der Waals surface area contributed by atoms with E-state index in [2.05, 4.69) is 15.4 Å². The average Bonchev–Trinajstić information content (AvgIpc) is 2.83. The Bertz CT molecular complexity index is 359. The number of hydrogen-bond donors (Lipinski definition) is 1. The third-order valence-corrected chi connectivity index (χ3v) is 2.91. The fourth-order valence-electron chi connectivity index (χ4n) is 1.82. The summed E-state index contributed by atoms with van der Waals surface area (Å²) in [4.78, 5) is 17.8. The van der Waals surface area contributed by atoms with Gasteiger partial charge in [0.05, 0.1) is 6.54 Å². The van der Waals surface area contributed by atoms with Gasteiger partial charge in [-0.15, -0.1) is 0 Å². The van der Waals surface area contributed by atoms with Gasteiger partial charge in [-0.05, 0) is 20.8 Å². The van der Waals surface area contributed by atoms with E-state index in [-0.39, 0.29) is 5.91 Å². The number of carbonyl (C=O) groups is 1. The van der Waals surface area contributed by atoms with Crippen molar-refractivity contribution >= 4 is 5.91 Å². The summed E-state index contributed by atoms with van der Waals surface area (Å²) in [5.74, 6) is 1.11. The molecule has 1 rings (SSSR count). The highest BCUT2D eigenvalue weighted by atomic mass is 16.2. The summed E-state index contributed by atoms with van der Waals surface area (Å²) >= 11 is 0. The molecule has 1 heterocycles. The average molecular weight is 253 g/mol. The molecule has 1 amide bonds. The van der Waals surface area contributed by atoms with Gasteiger partial charge in [-0.2, -0.15) is 5.10 Å². The first-order valence-electron chi connectivity index (χ1n) is 6.58. The predicted octanol–water partition coefficient (Wildman–Crippen LogP) is 0.646. The number of amides is 1. The Morgan fingerprint density at radius 1 is 1.39 bits per heavy atom.